The molecule has 0 atom stereocenters. The van der Waals surface area contributed by atoms with Crippen molar-refractivity contribution in [1.29, 1.82) is 0 Å². The topological polar surface area (TPSA) is 37.8 Å². The Kier molecular flexibility index (Phi) is 5.52. The van der Waals surface area contributed by atoms with Crippen LogP contribution in [0.3, 0.4) is 0 Å². The molecule has 0 spiro atoms. The Bertz CT molecular complexity index is 605. The summed E-state index contributed by atoms with van der Waals surface area (Å²) in [5.74, 6) is 0.879. The second kappa shape index (κ2) is 7.16. The summed E-state index contributed by atoms with van der Waals surface area (Å²) < 4.78 is 0. The quantitative estimate of drug-likeness (QED) is 0.778. The largest absolute Gasteiger partial charge is 0.370 e. The number of nitrogens with zero attached hydrogens (tertiary/aromatic N) is 2. The zero-order chi connectivity index (χ0) is 14.5. The van der Waals surface area contributed by atoms with E-state index in [1.165, 1.54) is 0 Å². The fourth-order valence-corrected chi connectivity index (χ4v) is 2.86. The van der Waals surface area contributed by atoms with Crippen LogP contribution in [0.15, 0.2) is 34.4 Å². The summed E-state index contributed by atoms with van der Waals surface area (Å²) >= 11 is 13.5. The van der Waals surface area contributed by atoms with Gasteiger partial charge < -0.3 is 5.32 Å². The van der Waals surface area contributed by atoms with Crippen LogP contribution in [0.4, 0.5) is 5.82 Å². The van der Waals surface area contributed by atoms with Gasteiger partial charge in [-0.05, 0) is 31.5 Å². The molecule has 1 heterocycles. The van der Waals surface area contributed by atoms with Crippen LogP contribution in [-0.4, -0.2) is 16.5 Å². The van der Waals surface area contributed by atoms with Crippen LogP contribution in [0, 0.1) is 6.92 Å². The standard InChI is InChI=1S/C14H15Cl2N3S/c1-3-6-17-13-9(2)14(19-8-18-13)20-10-4-5-11(15)12(16)7-10/h4-5,7-8H,3,6H2,1-2H3,(H,17,18,19). The number of aromatic nitrogens is 2. The second-order valence-electron chi connectivity index (χ2n) is 4.26. The minimum absolute atomic E-state index is 0.549. The SMILES string of the molecule is CCCNc1ncnc(Sc2ccc(Cl)c(Cl)c2)c1C. The Morgan fingerprint density at radius 1 is 1.20 bits per heavy atom. The van der Waals surface area contributed by atoms with Gasteiger partial charge in [0.05, 0.1) is 10.0 Å². The minimum Gasteiger partial charge on any atom is -0.370 e. The van der Waals surface area contributed by atoms with Gasteiger partial charge in [0, 0.05) is 17.0 Å². The molecule has 0 bridgehead atoms. The number of hydrogen-bond acceptors (Lipinski definition) is 4. The average molecular weight is 328 g/mol. The second-order valence-corrected chi connectivity index (χ2v) is 6.13. The molecule has 106 valence electrons. The fraction of sp³-hybridized carbons (Fsp3) is 0.286. The third-order valence-corrected chi connectivity index (χ3v) is 4.52. The molecule has 0 aliphatic heterocycles. The van der Waals surface area contributed by atoms with E-state index in [1.54, 1.807) is 24.2 Å². The first-order valence-electron chi connectivity index (χ1n) is 6.30. The molecule has 1 aromatic carbocycles. The molecule has 0 radical (unpaired) electrons. The van der Waals surface area contributed by atoms with E-state index in [4.69, 9.17) is 23.2 Å². The van der Waals surface area contributed by atoms with Gasteiger partial charge in [-0.1, -0.05) is 41.9 Å². The van der Waals surface area contributed by atoms with Crippen LogP contribution in [-0.2, 0) is 0 Å². The van der Waals surface area contributed by atoms with E-state index >= 15 is 0 Å². The predicted octanol–water partition coefficient (Wildman–Crippen LogP) is 5.06. The first-order valence-corrected chi connectivity index (χ1v) is 7.87. The van der Waals surface area contributed by atoms with Gasteiger partial charge in [-0.15, -0.1) is 0 Å². The normalized spacial score (nSPS) is 10.6. The van der Waals surface area contributed by atoms with Gasteiger partial charge in [-0.3, -0.25) is 0 Å². The summed E-state index contributed by atoms with van der Waals surface area (Å²) in [4.78, 5) is 9.60. The average Bonchev–Trinajstić information content (AvgIpc) is 2.44. The zero-order valence-corrected chi connectivity index (χ0v) is 13.6. The number of rotatable bonds is 5. The molecular weight excluding hydrogens is 313 g/mol. The minimum atomic E-state index is 0.549. The van der Waals surface area contributed by atoms with E-state index in [0.717, 1.165) is 34.3 Å². The van der Waals surface area contributed by atoms with Crippen LogP contribution in [0.5, 0.6) is 0 Å². The Morgan fingerprint density at radius 3 is 2.70 bits per heavy atom. The monoisotopic (exact) mass is 327 g/mol. The van der Waals surface area contributed by atoms with Crippen molar-refractivity contribution in [1.82, 2.24) is 9.97 Å². The summed E-state index contributed by atoms with van der Waals surface area (Å²) in [7, 11) is 0. The Labute approximate surface area is 133 Å². The van der Waals surface area contributed by atoms with Crippen molar-refractivity contribution in [2.75, 3.05) is 11.9 Å². The number of nitrogens with one attached hydrogen (secondary N) is 1. The smallest absolute Gasteiger partial charge is 0.133 e. The highest BCUT2D eigenvalue weighted by Crippen LogP contribution is 2.34. The van der Waals surface area contributed by atoms with Crippen LogP contribution < -0.4 is 5.32 Å². The molecule has 3 nitrogen and oxygen atoms in total. The lowest BCUT2D eigenvalue weighted by atomic mass is 10.3. The number of halogens is 2. The van der Waals surface area contributed by atoms with Crippen molar-refractivity contribution >= 4 is 40.8 Å². The fourth-order valence-electron chi connectivity index (χ4n) is 1.61. The van der Waals surface area contributed by atoms with Crippen molar-refractivity contribution in [3.05, 3.63) is 40.1 Å². The maximum Gasteiger partial charge on any atom is 0.133 e. The van der Waals surface area contributed by atoms with Crippen molar-refractivity contribution < 1.29 is 0 Å². The molecule has 1 N–H and O–H groups in total. The summed E-state index contributed by atoms with van der Waals surface area (Å²) in [5.41, 5.74) is 1.04. The van der Waals surface area contributed by atoms with Gasteiger partial charge in [-0.25, -0.2) is 9.97 Å². The number of anilines is 1. The molecule has 1 aromatic heterocycles. The van der Waals surface area contributed by atoms with E-state index < -0.39 is 0 Å². The summed E-state index contributed by atoms with van der Waals surface area (Å²) in [5, 5.41) is 5.32. The van der Waals surface area contributed by atoms with Crippen LogP contribution in [0.25, 0.3) is 0 Å². The third kappa shape index (κ3) is 3.78. The first kappa shape index (κ1) is 15.4. The van der Waals surface area contributed by atoms with E-state index in [1.807, 2.05) is 19.1 Å². The van der Waals surface area contributed by atoms with Crippen LogP contribution in [0.1, 0.15) is 18.9 Å². The molecule has 0 fully saturated rings. The highest BCUT2D eigenvalue weighted by atomic mass is 35.5. The summed E-state index contributed by atoms with van der Waals surface area (Å²) in [6, 6.07) is 5.56. The highest BCUT2D eigenvalue weighted by molar-refractivity contribution is 7.99. The molecule has 6 heteroatoms. The van der Waals surface area contributed by atoms with Gasteiger partial charge in [0.25, 0.3) is 0 Å². The van der Waals surface area contributed by atoms with Crippen molar-refractivity contribution in [3.8, 4) is 0 Å². The number of hydrogen-bond donors (Lipinski definition) is 1. The van der Waals surface area contributed by atoms with Gasteiger partial charge >= 0.3 is 0 Å². The Hall–Kier alpha value is -0.970. The molecule has 0 saturated heterocycles. The molecule has 0 aliphatic rings. The Morgan fingerprint density at radius 2 is 2.00 bits per heavy atom. The molecule has 0 unspecified atom stereocenters. The Balaban J connectivity index is 2.22. The molecular formula is C14H15Cl2N3S. The van der Waals surface area contributed by atoms with Crippen molar-refractivity contribution in [2.24, 2.45) is 0 Å². The molecule has 2 aromatic rings. The lowest BCUT2D eigenvalue weighted by molar-refractivity contribution is 0.938. The van der Waals surface area contributed by atoms with Crippen LogP contribution in [0.2, 0.25) is 10.0 Å². The molecule has 2 rings (SSSR count). The zero-order valence-electron chi connectivity index (χ0n) is 11.3. The lowest BCUT2D eigenvalue weighted by Crippen LogP contribution is -2.05. The van der Waals surface area contributed by atoms with E-state index in [2.05, 4.69) is 22.2 Å². The molecule has 20 heavy (non-hydrogen) atoms. The van der Waals surface area contributed by atoms with E-state index in [9.17, 15) is 0 Å². The molecule has 0 amide bonds. The van der Waals surface area contributed by atoms with Crippen molar-refractivity contribution in [3.63, 3.8) is 0 Å². The highest BCUT2D eigenvalue weighted by Gasteiger charge is 2.09. The van der Waals surface area contributed by atoms with Crippen LogP contribution >= 0.6 is 35.0 Å². The van der Waals surface area contributed by atoms with Gasteiger partial charge in [0.1, 0.15) is 17.2 Å². The maximum atomic E-state index is 6.03. The van der Waals surface area contributed by atoms with Gasteiger partial charge in [-0.2, -0.15) is 0 Å². The maximum absolute atomic E-state index is 6.03. The summed E-state index contributed by atoms with van der Waals surface area (Å²) in [6.07, 6.45) is 2.63. The van der Waals surface area contributed by atoms with E-state index in [-0.39, 0.29) is 0 Å². The first-order chi connectivity index (χ1) is 9.61. The van der Waals surface area contributed by atoms with Gasteiger partial charge in [0.15, 0.2) is 0 Å². The summed E-state index contributed by atoms with van der Waals surface area (Å²) in [6.45, 7) is 5.03. The van der Waals surface area contributed by atoms with Crippen molar-refractivity contribution in [2.45, 2.75) is 30.2 Å². The molecule has 0 saturated carbocycles. The van der Waals surface area contributed by atoms with E-state index in [0.29, 0.717) is 10.0 Å². The molecule has 0 aliphatic carbocycles. The number of benzene rings is 1. The third-order valence-electron chi connectivity index (χ3n) is 2.69. The van der Waals surface area contributed by atoms with Gasteiger partial charge in [0.2, 0.25) is 0 Å². The lowest BCUT2D eigenvalue weighted by Gasteiger charge is -2.10. The predicted molar refractivity (Wildman–Crippen MR) is 86.1 cm³/mol.